The van der Waals surface area contributed by atoms with Gasteiger partial charge in [-0.3, -0.25) is 0 Å². The zero-order chi connectivity index (χ0) is 24.2. The predicted octanol–water partition coefficient (Wildman–Crippen LogP) is 2.98. The van der Waals surface area contributed by atoms with Gasteiger partial charge in [0.05, 0.1) is 23.8 Å². The fraction of sp³-hybridized carbons (Fsp3) is 0.524. The first-order valence-electron chi connectivity index (χ1n) is 10.2. The van der Waals surface area contributed by atoms with Crippen molar-refractivity contribution in [3.8, 4) is 0 Å². The van der Waals surface area contributed by atoms with E-state index < -0.39 is 23.7 Å². The number of carbonyl (C=O) groups is 2. The number of esters is 1. The van der Waals surface area contributed by atoms with E-state index in [1.165, 1.54) is 22.7 Å². The number of piperidine rings is 1. The van der Waals surface area contributed by atoms with E-state index in [4.69, 9.17) is 19.4 Å². The molecule has 2 aromatic rings. The molecule has 2 bridgehead atoms. The monoisotopic (exact) mass is 506 g/mol. The van der Waals surface area contributed by atoms with Crippen molar-refractivity contribution in [2.75, 3.05) is 14.1 Å². The van der Waals surface area contributed by atoms with E-state index in [0.717, 1.165) is 17.3 Å². The van der Waals surface area contributed by atoms with E-state index in [2.05, 4.69) is 14.1 Å². The normalized spacial score (nSPS) is 29.5. The summed E-state index contributed by atoms with van der Waals surface area (Å²) < 4.78 is 44.4. The highest BCUT2D eigenvalue weighted by molar-refractivity contribution is 7.12. The SMILES string of the molecule is C[N+]1(C)[C@@H]2CC(OC(=O)C(O)(c3cccs3)c3cccs3)C[C@H]1[C@@H]1O[C@@H]12.O=C(O)C(F)(F)F. The van der Waals surface area contributed by atoms with Crippen LogP contribution in [0.1, 0.15) is 22.6 Å². The van der Waals surface area contributed by atoms with E-state index >= 15 is 0 Å². The number of epoxide rings is 1. The molecule has 2 N–H and O–H groups in total. The minimum absolute atomic E-state index is 0.161. The molecule has 3 aliphatic rings. The highest BCUT2D eigenvalue weighted by Gasteiger charge is 2.71. The molecule has 3 aliphatic heterocycles. The number of hydrogen-bond acceptors (Lipinski definition) is 7. The lowest BCUT2D eigenvalue weighted by molar-refractivity contribution is -0.938. The Morgan fingerprint density at radius 2 is 1.52 bits per heavy atom. The van der Waals surface area contributed by atoms with Crippen LogP contribution in [0.3, 0.4) is 0 Å². The Morgan fingerprint density at radius 1 is 1.06 bits per heavy atom. The van der Waals surface area contributed by atoms with Crippen molar-refractivity contribution >= 4 is 34.6 Å². The van der Waals surface area contributed by atoms with Gasteiger partial charge >= 0.3 is 18.1 Å². The van der Waals surface area contributed by atoms with Crippen LogP contribution in [0.25, 0.3) is 0 Å². The second kappa shape index (κ2) is 8.35. The number of carbonyl (C=O) groups excluding carboxylic acids is 1. The summed E-state index contributed by atoms with van der Waals surface area (Å²) in [6, 6.07) is 8.01. The van der Waals surface area contributed by atoms with Gasteiger partial charge in [-0.15, -0.1) is 22.7 Å². The van der Waals surface area contributed by atoms with E-state index in [9.17, 15) is 23.1 Å². The zero-order valence-corrected chi connectivity index (χ0v) is 19.3. The van der Waals surface area contributed by atoms with E-state index in [1.807, 2.05) is 22.9 Å². The third-order valence-corrected chi connectivity index (χ3v) is 8.56. The van der Waals surface area contributed by atoms with Gasteiger partial charge in [-0.25, -0.2) is 9.59 Å². The number of likely N-dealkylation sites (N-methyl/N-ethyl adjacent to an activating group) is 1. The van der Waals surface area contributed by atoms with Crippen molar-refractivity contribution in [2.45, 2.75) is 55.0 Å². The summed E-state index contributed by atoms with van der Waals surface area (Å²) in [5.74, 6) is -3.32. The Labute approximate surface area is 195 Å². The first kappa shape index (κ1) is 24.1. The fourth-order valence-corrected chi connectivity index (χ4v) is 6.54. The number of halogens is 3. The molecule has 1 unspecified atom stereocenters. The Bertz CT molecular complexity index is 954. The summed E-state index contributed by atoms with van der Waals surface area (Å²) in [5.41, 5.74) is -1.72. The van der Waals surface area contributed by atoms with Crippen molar-refractivity contribution in [3.05, 3.63) is 44.8 Å². The number of aliphatic carboxylic acids is 1. The molecule has 5 atom stereocenters. The van der Waals surface area contributed by atoms with Gasteiger partial charge in [0, 0.05) is 12.8 Å². The van der Waals surface area contributed by atoms with Crippen LogP contribution in [0.2, 0.25) is 0 Å². The molecule has 0 saturated carbocycles. The van der Waals surface area contributed by atoms with Crippen molar-refractivity contribution in [1.82, 2.24) is 0 Å². The van der Waals surface area contributed by atoms with Crippen LogP contribution >= 0.6 is 22.7 Å². The van der Waals surface area contributed by atoms with E-state index in [-0.39, 0.29) is 6.10 Å². The number of carboxylic acid groups (broad SMARTS) is 1. The van der Waals surface area contributed by atoms with Crippen LogP contribution in [0.5, 0.6) is 0 Å². The van der Waals surface area contributed by atoms with Crippen molar-refractivity contribution in [2.24, 2.45) is 0 Å². The van der Waals surface area contributed by atoms with Gasteiger partial charge in [0.1, 0.15) is 30.4 Å². The molecule has 0 aliphatic carbocycles. The molecule has 0 aromatic carbocycles. The first-order chi connectivity index (χ1) is 15.4. The molecule has 12 heteroatoms. The fourth-order valence-electron chi connectivity index (χ4n) is 4.83. The third kappa shape index (κ3) is 4.30. The van der Waals surface area contributed by atoms with Gasteiger partial charge in [0.2, 0.25) is 5.60 Å². The molecule has 33 heavy (non-hydrogen) atoms. The van der Waals surface area contributed by atoms with E-state index in [1.54, 1.807) is 12.1 Å². The summed E-state index contributed by atoms with van der Waals surface area (Å²) in [4.78, 5) is 23.2. The summed E-state index contributed by atoms with van der Waals surface area (Å²) >= 11 is 2.74. The lowest BCUT2D eigenvalue weighted by atomic mass is 9.95. The molecule has 0 radical (unpaired) electrons. The molecular formula is C21H23F3NO6S2+. The Morgan fingerprint density at radius 3 is 1.88 bits per heavy atom. The maximum Gasteiger partial charge on any atom is 0.490 e. The molecule has 7 nitrogen and oxygen atoms in total. The van der Waals surface area contributed by atoms with Gasteiger partial charge in [-0.05, 0) is 22.9 Å². The molecule has 3 fully saturated rings. The number of aliphatic hydroxyl groups is 1. The Balaban J connectivity index is 0.000000325. The van der Waals surface area contributed by atoms with Crippen LogP contribution in [0.4, 0.5) is 13.2 Å². The molecule has 3 saturated heterocycles. The van der Waals surface area contributed by atoms with Gasteiger partial charge in [-0.1, -0.05) is 12.1 Å². The first-order valence-corrected chi connectivity index (χ1v) is 11.9. The van der Waals surface area contributed by atoms with Gasteiger partial charge in [-0.2, -0.15) is 13.2 Å². The molecular weight excluding hydrogens is 483 g/mol. The maximum absolute atomic E-state index is 13.1. The maximum atomic E-state index is 13.1. The molecule has 0 amide bonds. The Kier molecular flexibility index (Phi) is 6.11. The van der Waals surface area contributed by atoms with E-state index in [0.29, 0.717) is 34.0 Å². The molecule has 0 spiro atoms. The number of quaternary nitrogens is 1. The smallest absolute Gasteiger partial charge is 0.475 e. The van der Waals surface area contributed by atoms with Gasteiger partial charge < -0.3 is 24.2 Å². The molecule has 2 aromatic heterocycles. The van der Waals surface area contributed by atoms with Crippen LogP contribution in [-0.4, -0.2) is 77.3 Å². The van der Waals surface area contributed by atoms with Crippen molar-refractivity contribution in [3.63, 3.8) is 0 Å². The van der Waals surface area contributed by atoms with Crippen LogP contribution in [0.15, 0.2) is 35.0 Å². The van der Waals surface area contributed by atoms with Gasteiger partial charge in [0.15, 0.2) is 0 Å². The largest absolute Gasteiger partial charge is 0.490 e. The standard InChI is InChI=1S/C19H22NO4S2.C2HF3O2/c1-20(2)12-9-11(10-13(20)17-16(12)24-17)23-18(21)19(22,14-5-3-7-25-14)15-6-4-8-26-15;3-2(4,5)1(6)7/h3-8,11-13,16-17,22H,9-10H2,1-2H3;(H,6,7)/q+1;/t11?,12-,13+,16-,17+;. The average Bonchev–Trinajstić information content (AvgIpc) is 3.09. The third-order valence-electron chi connectivity index (χ3n) is 6.61. The summed E-state index contributed by atoms with van der Waals surface area (Å²) in [6.07, 6.45) is -3.03. The molecule has 5 heterocycles. The number of alkyl halides is 3. The second-order valence-corrected chi connectivity index (χ2v) is 10.7. The number of rotatable bonds is 4. The number of ether oxygens (including phenoxy) is 2. The number of morpholine rings is 1. The predicted molar refractivity (Wildman–Crippen MR) is 113 cm³/mol. The lowest BCUT2D eigenvalue weighted by Crippen LogP contribution is -2.60. The second-order valence-electron chi connectivity index (χ2n) is 8.80. The highest BCUT2D eigenvalue weighted by atomic mass is 32.1. The van der Waals surface area contributed by atoms with Crippen molar-refractivity contribution in [1.29, 1.82) is 0 Å². The number of thiophene rings is 2. The topological polar surface area (TPSA) is 96.4 Å². The zero-order valence-electron chi connectivity index (χ0n) is 17.7. The van der Waals surface area contributed by atoms with Crippen LogP contribution < -0.4 is 0 Å². The van der Waals surface area contributed by atoms with Crippen LogP contribution in [0, 0.1) is 0 Å². The number of carboxylic acids is 1. The number of hydrogen-bond donors (Lipinski definition) is 2. The minimum atomic E-state index is -5.08. The minimum Gasteiger partial charge on any atom is -0.475 e. The number of nitrogens with zero attached hydrogens (tertiary/aromatic N) is 1. The summed E-state index contributed by atoms with van der Waals surface area (Å²) in [5, 5.41) is 22.2. The number of fused-ring (bicyclic) bond motifs is 5. The summed E-state index contributed by atoms with van der Waals surface area (Å²) in [6.45, 7) is 0. The van der Waals surface area contributed by atoms with Gasteiger partial charge in [0.25, 0.3) is 0 Å². The highest BCUT2D eigenvalue weighted by Crippen LogP contribution is 2.52. The quantitative estimate of drug-likeness (QED) is 0.376. The Hall–Kier alpha value is -1.99. The molecule has 180 valence electrons. The summed E-state index contributed by atoms with van der Waals surface area (Å²) in [7, 11) is 4.49. The van der Waals surface area contributed by atoms with Crippen LogP contribution in [-0.2, 0) is 24.7 Å². The molecule has 5 rings (SSSR count). The average molecular weight is 507 g/mol. The van der Waals surface area contributed by atoms with Crippen molar-refractivity contribution < 1.29 is 46.9 Å². The lowest BCUT2D eigenvalue weighted by Gasteiger charge is -2.45.